The second-order valence-electron chi connectivity index (χ2n) is 18.0. The van der Waals surface area contributed by atoms with Crippen LogP contribution in [-0.2, 0) is 26.2 Å². The molecule has 0 radical (unpaired) electrons. The molecule has 2 heterocycles. The molecule has 12 heteroatoms. The fraction of sp³-hybridized carbons (Fsp3) is 0.810. The highest BCUT2D eigenvalue weighted by Crippen LogP contribution is 2.50. The number of carboxylic acid groups (broad SMARTS) is 1. The van der Waals surface area contributed by atoms with Gasteiger partial charge in [-0.25, -0.2) is 9.59 Å². The average Bonchev–Trinajstić information content (AvgIpc) is 3.64. The van der Waals surface area contributed by atoms with Gasteiger partial charge in [-0.05, 0) is 125 Å². The molecular weight excluding hydrogens is 686 g/mol. The van der Waals surface area contributed by atoms with E-state index in [1.54, 1.807) is 14.1 Å². The quantitative estimate of drug-likeness (QED) is 0.328. The van der Waals surface area contributed by atoms with Gasteiger partial charge >= 0.3 is 11.7 Å². The van der Waals surface area contributed by atoms with Gasteiger partial charge in [-0.1, -0.05) is 38.5 Å². The maximum atomic E-state index is 14.3. The summed E-state index contributed by atoms with van der Waals surface area (Å²) in [6.45, 7) is 0. The number of carbonyl (C=O) groups excluding carboxylic acids is 3. The van der Waals surface area contributed by atoms with Crippen molar-refractivity contribution in [2.75, 3.05) is 7.05 Å². The van der Waals surface area contributed by atoms with E-state index in [2.05, 4.69) is 10.6 Å². The Morgan fingerprint density at radius 3 is 2.15 bits per heavy atom. The second-order valence-corrected chi connectivity index (χ2v) is 18.0. The minimum atomic E-state index is -1.01. The molecule has 298 valence electrons. The topological polar surface area (TPSA) is 160 Å². The highest BCUT2D eigenvalue weighted by molar-refractivity contribution is 5.89. The Balaban J connectivity index is 0.956. The number of rotatable bonds is 9. The van der Waals surface area contributed by atoms with Crippen LogP contribution in [0.15, 0.2) is 21.9 Å². The van der Waals surface area contributed by atoms with Gasteiger partial charge in [0.15, 0.2) is 0 Å². The van der Waals surface area contributed by atoms with Crippen molar-refractivity contribution < 1.29 is 24.3 Å². The predicted octanol–water partition coefficient (Wildman–Crippen LogP) is 4.78. The van der Waals surface area contributed by atoms with Crippen molar-refractivity contribution >= 4 is 23.7 Å². The molecule has 6 fully saturated rings. The number of fused-ring (bicyclic) bond motifs is 2. The molecule has 5 aliphatic carbocycles. The molecule has 8 unspecified atom stereocenters. The zero-order chi connectivity index (χ0) is 38.1. The highest BCUT2D eigenvalue weighted by atomic mass is 16.4. The van der Waals surface area contributed by atoms with Gasteiger partial charge in [0.2, 0.25) is 17.7 Å². The van der Waals surface area contributed by atoms with Crippen LogP contribution in [0.2, 0.25) is 0 Å². The molecule has 1 aromatic heterocycles. The Kier molecular flexibility index (Phi) is 12.0. The number of nitrogens with one attached hydrogen (secondary N) is 2. The number of carbonyl (C=O) groups is 4. The standard InChI is InChI=1S/C42H63N5O7/c1-43-39(50)36-19-18-34(25-8-4-3-5-9-25)46(36)40(51)30-17-15-26-22-29(16-14-27(26)23-30)38(49)44-33(41(52)53)24-28-10-6-12-32-31(28)11-7-13-35(32)47-37(48)20-21-45(2)42(47)54/h20-21,25-36H,3-19,22-24H2,1-2H3,(H,43,50)(H,44,49)(H,52,53)/t26?,27?,28?,29?,30?,31?,32?,33-,34+,35?,36-/m0/s1. The molecule has 0 bridgehead atoms. The van der Waals surface area contributed by atoms with Gasteiger partial charge in [0.1, 0.15) is 12.1 Å². The van der Waals surface area contributed by atoms with Crippen LogP contribution in [0.5, 0.6) is 0 Å². The van der Waals surface area contributed by atoms with Crippen LogP contribution >= 0.6 is 0 Å². The molecule has 3 amide bonds. The van der Waals surface area contributed by atoms with Gasteiger partial charge < -0.3 is 25.2 Å². The number of likely N-dealkylation sites (N-methyl/N-ethyl adjacent to an activating group) is 1. The average molecular weight is 750 g/mol. The van der Waals surface area contributed by atoms with E-state index in [9.17, 15) is 33.9 Å². The van der Waals surface area contributed by atoms with E-state index in [-0.39, 0.29) is 76.7 Å². The van der Waals surface area contributed by atoms with Crippen LogP contribution in [0.4, 0.5) is 0 Å². The van der Waals surface area contributed by atoms with Crippen LogP contribution in [0.25, 0.3) is 0 Å². The number of aromatic nitrogens is 2. The number of hydrogen-bond donors (Lipinski definition) is 3. The summed E-state index contributed by atoms with van der Waals surface area (Å²) >= 11 is 0. The van der Waals surface area contributed by atoms with E-state index in [1.807, 2.05) is 4.90 Å². The summed E-state index contributed by atoms with van der Waals surface area (Å²) in [6.07, 6.45) is 19.4. The third-order valence-corrected chi connectivity index (χ3v) is 15.2. The van der Waals surface area contributed by atoms with E-state index in [4.69, 9.17) is 0 Å². The van der Waals surface area contributed by atoms with E-state index >= 15 is 0 Å². The first-order valence-electron chi connectivity index (χ1n) is 21.4. The zero-order valence-corrected chi connectivity index (χ0v) is 32.5. The fourth-order valence-electron chi connectivity index (χ4n) is 12.5. The maximum Gasteiger partial charge on any atom is 0.330 e. The number of amides is 3. The first-order chi connectivity index (χ1) is 26.0. The van der Waals surface area contributed by atoms with Gasteiger partial charge in [-0.15, -0.1) is 0 Å². The Hall–Kier alpha value is -3.44. The molecule has 11 atom stereocenters. The van der Waals surface area contributed by atoms with Crippen LogP contribution in [0, 0.1) is 47.3 Å². The third-order valence-electron chi connectivity index (χ3n) is 15.2. The normalized spacial score (nSPS) is 35.0. The number of aliphatic carboxylic acids is 1. The Morgan fingerprint density at radius 1 is 0.741 bits per heavy atom. The summed E-state index contributed by atoms with van der Waals surface area (Å²) < 4.78 is 2.88. The lowest BCUT2D eigenvalue weighted by molar-refractivity contribution is -0.147. The maximum absolute atomic E-state index is 14.3. The Labute approximate surface area is 319 Å². The molecule has 6 aliphatic rings. The number of likely N-dealkylation sites (tertiary alicyclic amines) is 1. The van der Waals surface area contributed by atoms with Crippen molar-refractivity contribution in [3.05, 3.63) is 33.1 Å². The summed E-state index contributed by atoms with van der Waals surface area (Å²) in [7, 11) is 3.32. The van der Waals surface area contributed by atoms with Crippen molar-refractivity contribution in [1.29, 1.82) is 0 Å². The van der Waals surface area contributed by atoms with Crippen molar-refractivity contribution in [1.82, 2.24) is 24.7 Å². The summed E-state index contributed by atoms with van der Waals surface area (Å²) in [4.78, 5) is 81.6. The van der Waals surface area contributed by atoms with E-state index in [0.29, 0.717) is 30.6 Å². The van der Waals surface area contributed by atoms with Gasteiger partial charge in [0.05, 0.1) is 0 Å². The third kappa shape index (κ3) is 7.81. The molecule has 5 saturated carbocycles. The minimum absolute atomic E-state index is 0.0520. The lowest BCUT2D eigenvalue weighted by Gasteiger charge is -2.46. The monoisotopic (exact) mass is 749 g/mol. The van der Waals surface area contributed by atoms with Gasteiger partial charge in [-0.2, -0.15) is 0 Å². The Bertz CT molecular complexity index is 1670. The first kappa shape index (κ1) is 38.8. The van der Waals surface area contributed by atoms with E-state index in [1.165, 1.54) is 40.7 Å². The molecule has 54 heavy (non-hydrogen) atoms. The molecule has 3 N–H and O–H groups in total. The smallest absolute Gasteiger partial charge is 0.330 e. The van der Waals surface area contributed by atoms with Crippen molar-refractivity contribution in [3.8, 4) is 0 Å². The molecular formula is C42H63N5O7. The molecule has 1 saturated heterocycles. The summed E-state index contributed by atoms with van der Waals surface area (Å²) in [5.74, 6) is 0.176. The Morgan fingerprint density at radius 2 is 1.43 bits per heavy atom. The molecule has 1 aliphatic heterocycles. The second kappa shape index (κ2) is 16.7. The van der Waals surface area contributed by atoms with Crippen molar-refractivity contribution in [2.24, 2.45) is 54.4 Å². The van der Waals surface area contributed by atoms with Gasteiger partial charge in [0.25, 0.3) is 5.56 Å². The summed E-state index contributed by atoms with van der Waals surface area (Å²) in [5.41, 5.74) is -0.578. The van der Waals surface area contributed by atoms with Crippen LogP contribution in [0.1, 0.15) is 134 Å². The van der Waals surface area contributed by atoms with Crippen molar-refractivity contribution in [2.45, 2.75) is 153 Å². The van der Waals surface area contributed by atoms with Crippen LogP contribution < -0.4 is 21.9 Å². The number of hydrogen-bond acceptors (Lipinski definition) is 6. The first-order valence-corrected chi connectivity index (χ1v) is 21.4. The van der Waals surface area contributed by atoms with Crippen molar-refractivity contribution in [3.63, 3.8) is 0 Å². The summed E-state index contributed by atoms with van der Waals surface area (Å²) in [5, 5.41) is 16.1. The molecule has 7 rings (SSSR count). The van der Waals surface area contributed by atoms with E-state index in [0.717, 1.165) is 96.3 Å². The zero-order valence-electron chi connectivity index (χ0n) is 32.5. The predicted molar refractivity (Wildman–Crippen MR) is 203 cm³/mol. The number of carboxylic acids is 1. The highest BCUT2D eigenvalue weighted by Gasteiger charge is 2.48. The minimum Gasteiger partial charge on any atom is -0.480 e. The van der Waals surface area contributed by atoms with Gasteiger partial charge in [-0.3, -0.25) is 23.7 Å². The SMILES string of the molecule is CNC(=O)[C@@H]1CC[C@H](C2CCCCC2)N1C(=O)C1CCC2CC(C(=O)N[C@@H](CC3CCCC4C3CCCC4n3c(=O)ccn(C)c3=O)C(=O)O)CCC2C1. The molecule has 0 spiro atoms. The van der Waals surface area contributed by atoms with Crippen LogP contribution in [0.3, 0.4) is 0 Å². The number of aryl methyl sites for hydroxylation is 1. The van der Waals surface area contributed by atoms with Gasteiger partial charge in [0, 0.05) is 50.3 Å². The molecule has 0 aromatic carbocycles. The molecule has 1 aromatic rings. The fourth-order valence-corrected chi connectivity index (χ4v) is 12.5. The van der Waals surface area contributed by atoms with E-state index < -0.39 is 12.0 Å². The largest absolute Gasteiger partial charge is 0.480 e. The summed E-state index contributed by atoms with van der Waals surface area (Å²) in [6, 6.07) is 0.0518. The molecule has 12 nitrogen and oxygen atoms in total. The van der Waals surface area contributed by atoms with Crippen LogP contribution in [-0.4, -0.2) is 68.0 Å². The number of nitrogens with zero attached hydrogens (tertiary/aromatic N) is 3. The lowest BCUT2D eigenvalue weighted by Crippen LogP contribution is -2.53. The lowest BCUT2D eigenvalue weighted by atomic mass is 9.62.